The lowest BCUT2D eigenvalue weighted by atomic mass is 9.86. The fourth-order valence-corrected chi connectivity index (χ4v) is 6.93. The van der Waals surface area contributed by atoms with Crippen molar-refractivity contribution in [2.24, 2.45) is 0 Å². The summed E-state index contributed by atoms with van der Waals surface area (Å²) in [7, 11) is 0. The second kappa shape index (κ2) is 18.5. The summed E-state index contributed by atoms with van der Waals surface area (Å²) < 4.78 is 0. The van der Waals surface area contributed by atoms with Gasteiger partial charge in [-0.2, -0.15) is 0 Å². The van der Waals surface area contributed by atoms with Gasteiger partial charge in [-0.1, -0.05) is 93.6 Å². The van der Waals surface area contributed by atoms with Gasteiger partial charge in [-0.15, -0.1) is 11.3 Å². The molecule has 4 atom stereocenters. The van der Waals surface area contributed by atoms with E-state index in [0.29, 0.717) is 11.3 Å². The predicted octanol–water partition coefficient (Wildman–Crippen LogP) is 4.07. The zero-order valence-electron chi connectivity index (χ0n) is 31.1. The van der Waals surface area contributed by atoms with Crippen LogP contribution in [0.4, 0.5) is 5.69 Å². The summed E-state index contributed by atoms with van der Waals surface area (Å²) in [5.41, 5.74) is 3.43. The summed E-state index contributed by atoms with van der Waals surface area (Å²) in [5.74, 6) is -4.24. The molecule has 0 radical (unpaired) electrons. The lowest BCUT2D eigenvalue weighted by Crippen LogP contribution is -2.59. The number of anilines is 1. The highest BCUT2D eigenvalue weighted by atomic mass is 32.1. The minimum atomic E-state index is -1.34. The summed E-state index contributed by atoms with van der Waals surface area (Å²) in [4.78, 5) is 81.6. The highest BCUT2D eigenvalue weighted by Crippen LogP contribution is 2.23. The third-order valence-electron chi connectivity index (χ3n) is 9.32. The average molecular weight is 766 g/mol. The molecule has 2 aliphatic rings. The standard InChI is InChI=1S/C42H47N5O7S/c1-42(2,3)29-15-11-27(12-16-29)23-33-38(50)45-32(22-26-8-5-4-6-9-26)39(51)47-35(41(53)54)24-28-13-17-30(18-14-28)43-36(48)19-20-37(49)44-34(40(52)46-33)25-31-10-7-21-55-31/h4-18,21,32-35H,19-20,22-25H2,1-3H3,(H,43,48)(H,44,49)(H,45,50)(H,46,52)(H,47,51)(H,53,54). The van der Waals surface area contributed by atoms with Gasteiger partial charge in [0.2, 0.25) is 29.5 Å². The van der Waals surface area contributed by atoms with Crippen molar-refractivity contribution in [1.29, 1.82) is 0 Å². The van der Waals surface area contributed by atoms with Gasteiger partial charge >= 0.3 is 5.97 Å². The molecule has 4 aromatic rings. The van der Waals surface area contributed by atoms with E-state index in [4.69, 9.17) is 0 Å². The number of carbonyl (C=O) groups is 6. The maximum atomic E-state index is 14.3. The van der Waals surface area contributed by atoms with Gasteiger partial charge in [0, 0.05) is 49.1 Å². The van der Waals surface area contributed by atoms with E-state index in [2.05, 4.69) is 47.4 Å². The molecule has 0 aliphatic carbocycles. The monoisotopic (exact) mass is 765 g/mol. The van der Waals surface area contributed by atoms with E-state index in [0.717, 1.165) is 21.6 Å². The molecular formula is C42H47N5O7S. The Morgan fingerprint density at radius 2 is 1.22 bits per heavy atom. The van der Waals surface area contributed by atoms with Gasteiger partial charge in [-0.3, -0.25) is 24.0 Å². The first-order valence-electron chi connectivity index (χ1n) is 18.2. The van der Waals surface area contributed by atoms with Gasteiger partial charge in [0.25, 0.3) is 0 Å². The molecule has 1 aromatic heterocycles. The molecule has 3 aromatic carbocycles. The number of amides is 5. The summed E-state index contributed by atoms with van der Waals surface area (Å²) in [5, 5.41) is 25.7. The quantitative estimate of drug-likeness (QED) is 0.153. The fourth-order valence-electron chi connectivity index (χ4n) is 6.18. The van der Waals surface area contributed by atoms with Crippen molar-refractivity contribution in [2.45, 2.75) is 88.9 Å². The highest BCUT2D eigenvalue weighted by Gasteiger charge is 2.32. The first-order valence-corrected chi connectivity index (χ1v) is 19.1. The van der Waals surface area contributed by atoms with E-state index in [9.17, 15) is 33.9 Å². The van der Waals surface area contributed by atoms with E-state index in [1.807, 2.05) is 47.8 Å². The molecule has 288 valence electrons. The lowest BCUT2D eigenvalue weighted by Gasteiger charge is -2.26. The molecule has 2 bridgehead atoms. The number of aliphatic carboxylic acids is 1. The first kappa shape index (κ1) is 40.4. The number of rotatable bonds is 7. The average Bonchev–Trinajstić information content (AvgIpc) is 3.66. The summed E-state index contributed by atoms with van der Waals surface area (Å²) in [6, 6.07) is 22.0. The second-order valence-electron chi connectivity index (χ2n) is 14.7. The van der Waals surface area contributed by atoms with Crippen molar-refractivity contribution >= 4 is 52.5 Å². The Balaban J connectivity index is 1.51. The molecule has 0 saturated heterocycles. The van der Waals surface area contributed by atoms with Gasteiger partial charge in [-0.05, 0) is 51.2 Å². The molecule has 4 unspecified atom stereocenters. The Kier molecular flexibility index (Phi) is 13.6. The summed E-state index contributed by atoms with van der Waals surface area (Å²) >= 11 is 1.41. The number of carbonyl (C=O) groups excluding carboxylic acids is 5. The molecule has 0 fully saturated rings. The Hall–Kier alpha value is -5.82. The maximum absolute atomic E-state index is 14.3. The number of carboxylic acid groups (broad SMARTS) is 1. The van der Waals surface area contributed by atoms with Gasteiger partial charge in [0.05, 0.1) is 0 Å². The Morgan fingerprint density at radius 3 is 1.78 bits per heavy atom. The molecule has 2 aliphatic heterocycles. The van der Waals surface area contributed by atoms with E-state index >= 15 is 0 Å². The molecule has 12 nitrogen and oxygen atoms in total. The molecule has 6 N–H and O–H groups in total. The van der Waals surface area contributed by atoms with Crippen LogP contribution in [0.5, 0.6) is 0 Å². The third kappa shape index (κ3) is 12.1. The Labute approximate surface area is 324 Å². The maximum Gasteiger partial charge on any atom is 0.326 e. The Morgan fingerprint density at radius 1 is 0.655 bits per heavy atom. The summed E-state index contributed by atoms with van der Waals surface area (Å²) in [6.07, 6.45) is -0.204. The molecule has 5 amide bonds. The minimum Gasteiger partial charge on any atom is -0.480 e. The largest absolute Gasteiger partial charge is 0.480 e. The van der Waals surface area contributed by atoms with Gasteiger partial charge in [0.1, 0.15) is 24.2 Å². The fraction of sp³-hybridized carbons (Fsp3) is 0.333. The van der Waals surface area contributed by atoms with Gasteiger partial charge < -0.3 is 31.7 Å². The van der Waals surface area contributed by atoms with Crippen molar-refractivity contribution in [2.75, 3.05) is 5.32 Å². The number of nitrogens with one attached hydrogen (secondary N) is 5. The third-order valence-corrected chi connectivity index (χ3v) is 10.2. The lowest BCUT2D eigenvalue weighted by molar-refractivity contribution is -0.142. The minimum absolute atomic E-state index is 0.0388. The molecule has 55 heavy (non-hydrogen) atoms. The molecule has 0 saturated carbocycles. The van der Waals surface area contributed by atoms with Crippen molar-refractivity contribution in [1.82, 2.24) is 21.3 Å². The van der Waals surface area contributed by atoms with Crippen LogP contribution >= 0.6 is 11.3 Å². The SMILES string of the molecule is CC(C)(C)c1ccc(CC2NC(=O)C(Cc3cccs3)NC(=O)CCC(=O)Nc3ccc(cc3)CC(C(=O)O)NC(=O)C(Cc3ccccc3)NC2=O)cc1. The van der Waals surface area contributed by atoms with Crippen molar-refractivity contribution in [3.63, 3.8) is 0 Å². The van der Waals surface area contributed by atoms with Crippen LogP contribution in [-0.2, 0) is 59.9 Å². The van der Waals surface area contributed by atoms with Crippen LogP contribution in [0, 0.1) is 0 Å². The van der Waals surface area contributed by atoms with Crippen LogP contribution in [0.25, 0.3) is 0 Å². The molecule has 13 heteroatoms. The van der Waals surface area contributed by atoms with Crippen molar-refractivity contribution < 1.29 is 33.9 Å². The van der Waals surface area contributed by atoms with E-state index in [1.165, 1.54) is 11.3 Å². The zero-order chi connectivity index (χ0) is 39.5. The van der Waals surface area contributed by atoms with Crippen LogP contribution in [0.2, 0.25) is 0 Å². The van der Waals surface area contributed by atoms with Gasteiger partial charge in [0.15, 0.2) is 0 Å². The number of carboxylic acids is 1. The number of benzene rings is 3. The van der Waals surface area contributed by atoms with E-state index < -0.39 is 59.7 Å². The van der Waals surface area contributed by atoms with Crippen molar-refractivity contribution in [3.05, 3.63) is 124 Å². The van der Waals surface area contributed by atoms with Gasteiger partial charge in [-0.25, -0.2) is 4.79 Å². The van der Waals surface area contributed by atoms with E-state index in [-0.39, 0.29) is 43.9 Å². The Bertz CT molecular complexity index is 1960. The smallest absolute Gasteiger partial charge is 0.326 e. The first-order chi connectivity index (χ1) is 26.2. The zero-order valence-corrected chi connectivity index (χ0v) is 31.9. The predicted molar refractivity (Wildman–Crippen MR) is 210 cm³/mol. The van der Waals surface area contributed by atoms with Crippen LogP contribution < -0.4 is 26.6 Å². The topological polar surface area (TPSA) is 183 Å². The number of hydrogen-bond donors (Lipinski definition) is 6. The second-order valence-corrected chi connectivity index (χ2v) is 15.7. The molecule has 0 spiro atoms. The number of hydrogen-bond acceptors (Lipinski definition) is 7. The molecular weight excluding hydrogens is 719 g/mol. The molecule has 6 rings (SSSR count). The van der Waals surface area contributed by atoms with Crippen LogP contribution in [0.1, 0.15) is 60.7 Å². The van der Waals surface area contributed by atoms with E-state index in [1.54, 1.807) is 48.5 Å². The highest BCUT2D eigenvalue weighted by molar-refractivity contribution is 7.09. The molecule has 3 heterocycles. The van der Waals surface area contributed by atoms with Crippen LogP contribution in [-0.4, -0.2) is 64.8 Å². The number of fused-ring (bicyclic) bond motifs is 18. The van der Waals surface area contributed by atoms with Crippen LogP contribution in [0.15, 0.2) is 96.4 Å². The normalized spacial score (nSPS) is 20.6. The van der Waals surface area contributed by atoms with Crippen LogP contribution in [0.3, 0.4) is 0 Å². The summed E-state index contributed by atoms with van der Waals surface area (Å²) in [6.45, 7) is 6.26. The van der Waals surface area contributed by atoms with Crippen molar-refractivity contribution in [3.8, 4) is 0 Å². The number of thiophene rings is 1.